The van der Waals surface area contributed by atoms with Crippen LogP contribution in [0.2, 0.25) is 0 Å². The Kier molecular flexibility index (Phi) is 10.9. The summed E-state index contributed by atoms with van der Waals surface area (Å²) in [7, 11) is 1.83. The van der Waals surface area contributed by atoms with Crippen LogP contribution in [0.3, 0.4) is 0 Å². The number of anilines is 1. The lowest BCUT2D eigenvalue weighted by molar-refractivity contribution is 0.255. The molecule has 25 heavy (non-hydrogen) atoms. The molecule has 1 unspecified atom stereocenters. The van der Waals surface area contributed by atoms with Crippen molar-refractivity contribution in [2.24, 2.45) is 4.99 Å². The molecule has 1 aromatic rings. The van der Waals surface area contributed by atoms with E-state index in [0.717, 1.165) is 58.1 Å². The number of hydrogen-bond donors (Lipinski definition) is 2. The molecule has 2 rings (SSSR count). The first-order chi connectivity index (χ1) is 11.7. The van der Waals surface area contributed by atoms with Crippen molar-refractivity contribution in [3.63, 3.8) is 0 Å². The van der Waals surface area contributed by atoms with Gasteiger partial charge in [-0.3, -0.25) is 9.89 Å². The highest BCUT2D eigenvalue weighted by molar-refractivity contribution is 14.0. The van der Waals surface area contributed by atoms with Crippen LogP contribution in [0.5, 0.6) is 0 Å². The van der Waals surface area contributed by atoms with Gasteiger partial charge in [0, 0.05) is 51.5 Å². The van der Waals surface area contributed by atoms with E-state index in [1.54, 1.807) is 0 Å². The Labute approximate surface area is 170 Å². The van der Waals surface area contributed by atoms with E-state index >= 15 is 0 Å². The second-order valence-corrected chi connectivity index (χ2v) is 6.47. The summed E-state index contributed by atoms with van der Waals surface area (Å²) in [6.07, 6.45) is 2.25. The Morgan fingerprint density at radius 3 is 2.44 bits per heavy atom. The summed E-state index contributed by atoms with van der Waals surface area (Å²) in [4.78, 5) is 9.32. The maximum Gasteiger partial charge on any atom is 0.191 e. The number of halogens is 1. The van der Waals surface area contributed by atoms with Crippen LogP contribution in [0.15, 0.2) is 35.3 Å². The van der Waals surface area contributed by atoms with Crippen molar-refractivity contribution in [2.45, 2.75) is 32.7 Å². The molecule has 0 saturated carbocycles. The molecule has 1 saturated heterocycles. The number of piperazine rings is 1. The smallest absolute Gasteiger partial charge is 0.191 e. The fourth-order valence-electron chi connectivity index (χ4n) is 2.91. The van der Waals surface area contributed by atoms with E-state index in [-0.39, 0.29) is 24.0 Å². The number of benzene rings is 1. The van der Waals surface area contributed by atoms with E-state index in [0.29, 0.717) is 6.04 Å². The van der Waals surface area contributed by atoms with Gasteiger partial charge in [-0.1, -0.05) is 25.1 Å². The molecule has 142 valence electrons. The maximum absolute atomic E-state index is 4.28. The number of para-hydroxylation sites is 1. The third-order valence-electron chi connectivity index (χ3n) is 4.66. The van der Waals surface area contributed by atoms with Gasteiger partial charge in [0.25, 0.3) is 0 Å². The minimum Gasteiger partial charge on any atom is -0.369 e. The van der Waals surface area contributed by atoms with Gasteiger partial charge in [0.15, 0.2) is 5.96 Å². The Hall–Kier alpha value is -1.02. The topological polar surface area (TPSA) is 42.9 Å². The van der Waals surface area contributed by atoms with Gasteiger partial charge in [-0.15, -0.1) is 24.0 Å². The summed E-state index contributed by atoms with van der Waals surface area (Å²) in [5.41, 5.74) is 1.35. The number of guanidine groups is 1. The summed E-state index contributed by atoms with van der Waals surface area (Å²) in [6, 6.07) is 11.2. The Balaban J connectivity index is 0.00000312. The predicted molar refractivity (Wildman–Crippen MR) is 119 cm³/mol. The van der Waals surface area contributed by atoms with E-state index in [1.807, 2.05) is 7.05 Å². The van der Waals surface area contributed by atoms with Crippen LogP contribution in [0.25, 0.3) is 0 Å². The molecule has 0 aliphatic carbocycles. The van der Waals surface area contributed by atoms with Gasteiger partial charge in [-0.25, -0.2) is 0 Å². The lowest BCUT2D eigenvalue weighted by atomic mass is 10.2. The first kappa shape index (κ1) is 22.0. The number of aliphatic imine (C=N–C) groups is 1. The summed E-state index contributed by atoms with van der Waals surface area (Å²) in [5, 5.41) is 6.81. The lowest BCUT2D eigenvalue weighted by Crippen LogP contribution is -2.47. The quantitative estimate of drug-likeness (QED) is 0.285. The third-order valence-corrected chi connectivity index (χ3v) is 4.66. The highest BCUT2D eigenvalue weighted by atomic mass is 127. The molecule has 0 bridgehead atoms. The largest absolute Gasteiger partial charge is 0.369 e. The SMILES string of the molecule is CCC(C)NC(=NC)NCCCN1CCN(c2ccccc2)CC1.I. The van der Waals surface area contributed by atoms with E-state index in [4.69, 9.17) is 0 Å². The van der Waals surface area contributed by atoms with Crippen molar-refractivity contribution in [3.8, 4) is 0 Å². The number of nitrogens with zero attached hydrogens (tertiary/aromatic N) is 3. The average molecular weight is 459 g/mol. The second kappa shape index (κ2) is 12.4. The number of nitrogens with one attached hydrogen (secondary N) is 2. The molecule has 1 aromatic carbocycles. The second-order valence-electron chi connectivity index (χ2n) is 6.47. The molecule has 1 heterocycles. The molecule has 0 spiro atoms. The maximum atomic E-state index is 4.28. The molecule has 1 aliphatic heterocycles. The van der Waals surface area contributed by atoms with Gasteiger partial charge in [0.2, 0.25) is 0 Å². The van der Waals surface area contributed by atoms with Crippen LogP contribution in [-0.4, -0.2) is 63.2 Å². The normalized spacial score (nSPS) is 16.9. The van der Waals surface area contributed by atoms with Crippen LogP contribution in [-0.2, 0) is 0 Å². The van der Waals surface area contributed by atoms with Crippen LogP contribution < -0.4 is 15.5 Å². The molecule has 1 atom stereocenters. The number of rotatable bonds is 7. The van der Waals surface area contributed by atoms with Crippen molar-refractivity contribution in [2.75, 3.05) is 51.2 Å². The van der Waals surface area contributed by atoms with Gasteiger partial charge in [0.1, 0.15) is 0 Å². The molecule has 2 N–H and O–H groups in total. The average Bonchev–Trinajstić information content (AvgIpc) is 2.65. The summed E-state index contributed by atoms with van der Waals surface area (Å²) < 4.78 is 0. The molecule has 5 nitrogen and oxygen atoms in total. The van der Waals surface area contributed by atoms with Crippen molar-refractivity contribution in [3.05, 3.63) is 30.3 Å². The zero-order valence-electron chi connectivity index (χ0n) is 15.9. The van der Waals surface area contributed by atoms with Gasteiger partial charge < -0.3 is 15.5 Å². The molecule has 1 fully saturated rings. The summed E-state index contributed by atoms with van der Waals surface area (Å²) >= 11 is 0. The lowest BCUT2D eigenvalue weighted by Gasteiger charge is -2.36. The van der Waals surface area contributed by atoms with Crippen LogP contribution >= 0.6 is 24.0 Å². The highest BCUT2D eigenvalue weighted by Crippen LogP contribution is 2.15. The molecule has 0 aromatic heterocycles. The number of hydrogen-bond acceptors (Lipinski definition) is 3. The Bertz CT molecular complexity index is 486. The van der Waals surface area contributed by atoms with Gasteiger partial charge in [-0.05, 0) is 38.4 Å². The van der Waals surface area contributed by atoms with E-state index in [9.17, 15) is 0 Å². The van der Waals surface area contributed by atoms with Gasteiger partial charge in [0.05, 0.1) is 0 Å². The summed E-state index contributed by atoms with van der Waals surface area (Å²) in [6.45, 7) is 11.0. The fraction of sp³-hybridized carbons (Fsp3) is 0.632. The van der Waals surface area contributed by atoms with Gasteiger partial charge >= 0.3 is 0 Å². The van der Waals surface area contributed by atoms with E-state index in [2.05, 4.69) is 69.6 Å². The molecule has 0 amide bonds. The fourth-order valence-corrected chi connectivity index (χ4v) is 2.91. The Morgan fingerprint density at radius 1 is 1.16 bits per heavy atom. The highest BCUT2D eigenvalue weighted by Gasteiger charge is 2.16. The van der Waals surface area contributed by atoms with Crippen LogP contribution in [0.4, 0.5) is 5.69 Å². The van der Waals surface area contributed by atoms with Crippen LogP contribution in [0.1, 0.15) is 26.7 Å². The third kappa shape index (κ3) is 7.81. The molecule has 1 aliphatic rings. The monoisotopic (exact) mass is 459 g/mol. The van der Waals surface area contributed by atoms with Crippen molar-refractivity contribution in [1.29, 1.82) is 0 Å². The minimum absolute atomic E-state index is 0. The van der Waals surface area contributed by atoms with E-state index in [1.165, 1.54) is 5.69 Å². The molecular formula is C19H34IN5. The van der Waals surface area contributed by atoms with Crippen molar-refractivity contribution in [1.82, 2.24) is 15.5 Å². The van der Waals surface area contributed by atoms with Crippen molar-refractivity contribution < 1.29 is 0 Å². The van der Waals surface area contributed by atoms with E-state index < -0.39 is 0 Å². The zero-order valence-corrected chi connectivity index (χ0v) is 18.2. The summed E-state index contributed by atoms with van der Waals surface area (Å²) in [5.74, 6) is 0.915. The first-order valence-corrected chi connectivity index (χ1v) is 9.22. The zero-order chi connectivity index (χ0) is 17.2. The van der Waals surface area contributed by atoms with Crippen LogP contribution in [0, 0.1) is 0 Å². The van der Waals surface area contributed by atoms with Crippen molar-refractivity contribution >= 4 is 35.6 Å². The molecule has 0 radical (unpaired) electrons. The first-order valence-electron chi connectivity index (χ1n) is 9.22. The standard InChI is InChI=1S/C19H33N5.HI/c1-4-17(2)22-19(20-3)21-11-8-12-23-13-15-24(16-14-23)18-9-6-5-7-10-18;/h5-7,9-10,17H,4,8,11-16H2,1-3H3,(H2,20,21,22);1H. The molecule has 6 heteroatoms. The molecular weight excluding hydrogens is 425 g/mol. The van der Waals surface area contributed by atoms with Gasteiger partial charge in [-0.2, -0.15) is 0 Å². The predicted octanol–water partition coefficient (Wildman–Crippen LogP) is 2.78. The Morgan fingerprint density at radius 2 is 1.84 bits per heavy atom. The minimum atomic E-state index is 0.